The summed E-state index contributed by atoms with van der Waals surface area (Å²) in [5.41, 5.74) is 3.48. The topological polar surface area (TPSA) is 12.9 Å². The number of thiophene rings is 1. The Hall–Kier alpha value is -1.16. The number of halogens is 1. The van der Waals surface area contributed by atoms with E-state index in [1.165, 1.54) is 16.0 Å². The van der Waals surface area contributed by atoms with Crippen LogP contribution in [-0.4, -0.2) is 4.98 Å². The van der Waals surface area contributed by atoms with E-state index in [9.17, 15) is 0 Å². The monoisotopic (exact) mass is 305 g/mol. The average Bonchev–Trinajstić information content (AvgIpc) is 3.08. The van der Waals surface area contributed by atoms with Crippen LogP contribution in [0.2, 0.25) is 0 Å². The van der Waals surface area contributed by atoms with Gasteiger partial charge in [-0.1, -0.05) is 30.3 Å². The van der Waals surface area contributed by atoms with Gasteiger partial charge < -0.3 is 0 Å². The molecule has 0 aliphatic rings. The Labute approximate surface area is 125 Å². The van der Waals surface area contributed by atoms with Gasteiger partial charge in [0, 0.05) is 10.4 Å². The van der Waals surface area contributed by atoms with Crippen molar-refractivity contribution in [3.8, 4) is 21.1 Å². The maximum atomic E-state index is 6.06. The summed E-state index contributed by atoms with van der Waals surface area (Å²) in [7, 11) is 0. The van der Waals surface area contributed by atoms with Crippen LogP contribution in [0.4, 0.5) is 0 Å². The number of thiazole rings is 1. The molecule has 2 aromatic heterocycles. The maximum Gasteiger partial charge on any atom is 0.124 e. The van der Waals surface area contributed by atoms with Gasteiger partial charge >= 0.3 is 0 Å². The number of rotatable bonds is 3. The van der Waals surface area contributed by atoms with Crippen molar-refractivity contribution >= 4 is 34.3 Å². The molecule has 0 aliphatic carbocycles. The third-order valence-corrected chi connectivity index (χ3v) is 5.34. The third kappa shape index (κ3) is 2.46. The van der Waals surface area contributed by atoms with Gasteiger partial charge in [-0.15, -0.1) is 34.3 Å². The molecule has 0 N–H and O–H groups in total. The minimum absolute atomic E-state index is 0.511. The van der Waals surface area contributed by atoms with Crippen LogP contribution in [0.5, 0.6) is 0 Å². The molecule has 0 atom stereocenters. The zero-order chi connectivity index (χ0) is 13.2. The quantitative estimate of drug-likeness (QED) is 0.575. The molecule has 0 radical (unpaired) electrons. The molecule has 0 aliphatic heterocycles. The number of aromatic nitrogens is 1. The Morgan fingerprint density at radius 1 is 1.16 bits per heavy atom. The second kappa shape index (κ2) is 5.45. The predicted octanol–water partition coefficient (Wildman–Crippen LogP) is 5.59. The van der Waals surface area contributed by atoms with Gasteiger partial charge in [0.2, 0.25) is 0 Å². The van der Waals surface area contributed by atoms with E-state index in [1.807, 2.05) is 6.07 Å². The lowest BCUT2D eigenvalue weighted by Crippen LogP contribution is -1.82. The lowest BCUT2D eigenvalue weighted by molar-refractivity contribution is 1.35. The van der Waals surface area contributed by atoms with Crippen molar-refractivity contribution in [3.05, 3.63) is 52.2 Å². The lowest BCUT2D eigenvalue weighted by atomic mass is 10.1. The summed E-state index contributed by atoms with van der Waals surface area (Å²) in [6.45, 7) is 2.11. The SMILES string of the molecule is Cc1ccccc1-c1nc(-c2cccs2)c(CCl)s1. The highest BCUT2D eigenvalue weighted by Gasteiger charge is 2.15. The van der Waals surface area contributed by atoms with Crippen molar-refractivity contribution in [3.63, 3.8) is 0 Å². The Bertz CT molecular complexity index is 686. The molecule has 2 heterocycles. The molecule has 19 heavy (non-hydrogen) atoms. The number of aryl methyl sites for hydroxylation is 1. The van der Waals surface area contributed by atoms with Crippen LogP contribution < -0.4 is 0 Å². The van der Waals surface area contributed by atoms with Crippen molar-refractivity contribution in [1.29, 1.82) is 0 Å². The number of alkyl halides is 1. The Kier molecular flexibility index (Phi) is 3.69. The molecule has 0 unspecified atom stereocenters. The Morgan fingerprint density at radius 3 is 2.68 bits per heavy atom. The molecule has 1 aromatic carbocycles. The van der Waals surface area contributed by atoms with Gasteiger partial charge in [0.25, 0.3) is 0 Å². The first kappa shape index (κ1) is 12.9. The van der Waals surface area contributed by atoms with E-state index in [0.717, 1.165) is 15.6 Å². The van der Waals surface area contributed by atoms with E-state index in [0.29, 0.717) is 5.88 Å². The van der Waals surface area contributed by atoms with Gasteiger partial charge in [-0.05, 0) is 23.9 Å². The normalized spacial score (nSPS) is 10.8. The molecular formula is C15H12ClNS2. The van der Waals surface area contributed by atoms with Gasteiger partial charge in [0.15, 0.2) is 0 Å². The zero-order valence-electron chi connectivity index (χ0n) is 10.4. The number of nitrogens with zero attached hydrogens (tertiary/aromatic N) is 1. The number of hydrogen-bond acceptors (Lipinski definition) is 3. The van der Waals surface area contributed by atoms with Crippen LogP contribution in [0, 0.1) is 6.92 Å². The van der Waals surface area contributed by atoms with Gasteiger partial charge in [0.05, 0.1) is 16.5 Å². The summed E-state index contributed by atoms with van der Waals surface area (Å²) >= 11 is 9.46. The fraction of sp³-hybridized carbons (Fsp3) is 0.133. The first-order valence-electron chi connectivity index (χ1n) is 5.95. The van der Waals surface area contributed by atoms with Crippen LogP contribution in [0.15, 0.2) is 41.8 Å². The second-order valence-electron chi connectivity index (χ2n) is 4.22. The van der Waals surface area contributed by atoms with E-state index in [2.05, 4.69) is 42.6 Å². The smallest absolute Gasteiger partial charge is 0.124 e. The maximum absolute atomic E-state index is 6.06. The van der Waals surface area contributed by atoms with Crippen molar-refractivity contribution in [1.82, 2.24) is 4.98 Å². The molecule has 3 aromatic rings. The summed E-state index contributed by atoms with van der Waals surface area (Å²) in [5, 5.41) is 3.12. The number of hydrogen-bond donors (Lipinski definition) is 0. The molecule has 1 nitrogen and oxygen atoms in total. The van der Waals surface area contributed by atoms with Crippen LogP contribution in [0.3, 0.4) is 0 Å². The standard InChI is InChI=1S/C15H12ClNS2/c1-10-5-2-3-6-11(10)15-17-14(13(9-16)19-15)12-7-4-8-18-12/h2-8H,9H2,1H3. The van der Waals surface area contributed by atoms with Crippen LogP contribution in [-0.2, 0) is 5.88 Å². The fourth-order valence-corrected chi connectivity index (χ4v) is 4.09. The fourth-order valence-electron chi connectivity index (χ4n) is 1.98. The molecule has 0 bridgehead atoms. The van der Waals surface area contributed by atoms with Crippen molar-refractivity contribution in [2.75, 3.05) is 0 Å². The van der Waals surface area contributed by atoms with Gasteiger partial charge in [-0.2, -0.15) is 0 Å². The minimum Gasteiger partial charge on any atom is -0.235 e. The molecule has 0 amide bonds. The average molecular weight is 306 g/mol. The van der Waals surface area contributed by atoms with Crippen molar-refractivity contribution < 1.29 is 0 Å². The highest BCUT2D eigenvalue weighted by molar-refractivity contribution is 7.17. The van der Waals surface area contributed by atoms with Gasteiger partial charge in [0.1, 0.15) is 5.01 Å². The van der Waals surface area contributed by atoms with Crippen molar-refractivity contribution in [2.24, 2.45) is 0 Å². The molecule has 96 valence electrons. The van der Waals surface area contributed by atoms with Crippen molar-refractivity contribution in [2.45, 2.75) is 12.8 Å². The van der Waals surface area contributed by atoms with E-state index in [1.54, 1.807) is 22.7 Å². The summed E-state index contributed by atoms with van der Waals surface area (Å²) in [4.78, 5) is 7.13. The Balaban J connectivity index is 2.13. The molecule has 4 heteroatoms. The minimum atomic E-state index is 0.511. The lowest BCUT2D eigenvalue weighted by Gasteiger charge is -2.00. The summed E-state index contributed by atoms with van der Waals surface area (Å²) < 4.78 is 0. The highest BCUT2D eigenvalue weighted by atomic mass is 35.5. The molecule has 0 fully saturated rings. The summed E-state index contributed by atoms with van der Waals surface area (Å²) in [5.74, 6) is 0.511. The van der Waals surface area contributed by atoms with Crippen LogP contribution in [0.25, 0.3) is 21.1 Å². The molecule has 3 rings (SSSR count). The van der Waals surface area contributed by atoms with Gasteiger partial charge in [-0.25, -0.2) is 4.98 Å². The van der Waals surface area contributed by atoms with E-state index in [-0.39, 0.29) is 0 Å². The first-order valence-corrected chi connectivity index (χ1v) is 8.18. The summed E-state index contributed by atoms with van der Waals surface area (Å²) in [6, 6.07) is 12.5. The predicted molar refractivity (Wildman–Crippen MR) is 85.2 cm³/mol. The molecular weight excluding hydrogens is 294 g/mol. The highest BCUT2D eigenvalue weighted by Crippen LogP contribution is 2.37. The van der Waals surface area contributed by atoms with Gasteiger partial charge in [-0.3, -0.25) is 0 Å². The first-order chi connectivity index (χ1) is 9.29. The third-order valence-electron chi connectivity index (χ3n) is 2.95. The van der Waals surface area contributed by atoms with E-state index >= 15 is 0 Å². The number of benzene rings is 1. The zero-order valence-corrected chi connectivity index (χ0v) is 12.8. The molecule has 0 spiro atoms. The molecule has 0 saturated heterocycles. The Morgan fingerprint density at radius 2 is 2.00 bits per heavy atom. The van der Waals surface area contributed by atoms with Crippen LogP contribution in [0.1, 0.15) is 10.4 Å². The largest absolute Gasteiger partial charge is 0.235 e. The second-order valence-corrected chi connectivity index (χ2v) is 6.52. The molecule has 0 saturated carbocycles. The van der Waals surface area contributed by atoms with Crippen LogP contribution >= 0.6 is 34.3 Å². The summed E-state index contributed by atoms with van der Waals surface area (Å²) in [6.07, 6.45) is 0. The van der Waals surface area contributed by atoms with E-state index in [4.69, 9.17) is 16.6 Å². The van der Waals surface area contributed by atoms with E-state index < -0.39 is 0 Å².